The fourth-order valence-electron chi connectivity index (χ4n) is 2.51. The fraction of sp³-hybridized carbons (Fsp3) is 0.250. The van der Waals surface area contributed by atoms with E-state index in [9.17, 15) is 14.4 Å². The molecular weight excluding hydrogens is 344 g/mol. The second-order valence-electron chi connectivity index (χ2n) is 6.08. The van der Waals surface area contributed by atoms with Gasteiger partial charge in [0.2, 0.25) is 5.91 Å². The first-order chi connectivity index (χ1) is 12.9. The van der Waals surface area contributed by atoms with E-state index < -0.39 is 12.1 Å². The maximum atomic E-state index is 12.2. The third-order valence-corrected chi connectivity index (χ3v) is 4.10. The Morgan fingerprint density at radius 1 is 1.00 bits per heavy atom. The first-order valence-electron chi connectivity index (χ1n) is 8.63. The van der Waals surface area contributed by atoms with Gasteiger partial charge in [0.25, 0.3) is 5.91 Å². The summed E-state index contributed by atoms with van der Waals surface area (Å²) in [6.07, 6.45) is 0. The maximum absolute atomic E-state index is 12.2. The standard InChI is InChI=1S/C20H24N4O3/c1-13-16(19(26)21-3)10-7-11-17(13)24-20(27)23-14(2)18(25)22-12-15-8-5-4-6-9-15/h4-11,14H,12H2,1-3H3,(H,21,26)(H,22,25)(H2,23,24,27). The summed E-state index contributed by atoms with van der Waals surface area (Å²) >= 11 is 0. The highest BCUT2D eigenvalue weighted by molar-refractivity contribution is 5.99. The van der Waals surface area contributed by atoms with Crippen LogP contribution in [0.1, 0.15) is 28.4 Å². The molecule has 4 N–H and O–H groups in total. The molecule has 0 aliphatic heterocycles. The maximum Gasteiger partial charge on any atom is 0.319 e. The van der Waals surface area contributed by atoms with Crippen molar-refractivity contribution < 1.29 is 14.4 Å². The van der Waals surface area contributed by atoms with Crippen LogP contribution in [0.5, 0.6) is 0 Å². The molecule has 1 atom stereocenters. The molecule has 142 valence electrons. The highest BCUT2D eigenvalue weighted by atomic mass is 16.2. The van der Waals surface area contributed by atoms with Gasteiger partial charge in [0.1, 0.15) is 6.04 Å². The van der Waals surface area contributed by atoms with Crippen molar-refractivity contribution in [3.8, 4) is 0 Å². The summed E-state index contributed by atoms with van der Waals surface area (Å²) in [6, 6.07) is 13.3. The Bertz CT molecular complexity index is 821. The summed E-state index contributed by atoms with van der Waals surface area (Å²) < 4.78 is 0. The smallest absolute Gasteiger partial charge is 0.319 e. The van der Waals surface area contributed by atoms with Crippen molar-refractivity contribution >= 4 is 23.5 Å². The molecule has 0 aliphatic carbocycles. The van der Waals surface area contributed by atoms with Gasteiger partial charge in [-0.25, -0.2) is 4.79 Å². The topological polar surface area (TPSA) is 99.3 Å². The van der Waals surface area contributed by atoms with Crippen molar-refractivity contribution in [1.29, 1.82) is 0 Å². The van der Waals surface area contributed by atoms with E-state index in [1.807, 2.05) is 30.3 Å². The Kier molecular flexibility index (Phi) is 6.93. The number of urea groups is 1. The Morgan fingerprint density at radius 3 is 2.37 bits per heavy atom. The van der Waals surface area contributed by atoms with Crippen LogP contribution in [0, 0.1) is 6.92 Å². The van der Waals surface area contributed by atoms with Gasteiger partial charge in [-0.2, -0.15) is 0 Å². The van der Waals surface area contributed by atoms with Crippen LogP contribution in [0.3, 0.4) is 0 Å². The lowest BCUT2D eigenvalue weighted by Gasteiger charge is -2.16. The molecule has 0 saturated heterocycles. The predicted molar refractivity (Wildman–Crippen MR) is 104 cm³/mol. The number of hydrogen-bond donors (Lipinski definition) is 4. The molecule has 27 heavy (non-hydrogen) atoms. The average molecular weight is 368 g/mol. The molecule has 4 amide bonds. The van der Waals surface area contributed by atoms with Crippen molar-refractivity contribution in [3.05, 3.63) is 65.2 Å². The molecule has 2 aromatic carbocycles. The van der Waals surface area contributed by atoms with Crippen LogP contribution in [0.15, 0.2) is 48.5 Å². The summed E-state index contributed by atoms with van der Waals surface area (Å²) in [5.74, 6) is -0.518. The van der Waals surface area contributed by atoms with E-state index in [0.717, 1.165) is 5.56 Å². The van der Waals surface area contributed by atoms with Gasteiger partial charge < -0.3 is 21.3 Å². The van der Waals surface area contributed by atoms with Crippen LogP contribution in [-0.4, -0.2) is 30.9 Å². The number of carbonyl (C=O) groups is 3. The number of anilines is 1. The monoisotopic (exact) mass is 368 g/mol. The molecule has 2 rings (SSSR count). The lowest BCUT2D eigenvalue weighted by atomic mass is 10.1. The molecule has 0 heterocycles. The van der Waals surface area contributed by atoms with Crippen molar-refractivity contribution in [3.63, 3.8) is 0 Å². The van der Waals surface area contributed by atoms with Gasteiger partial charge in [0.15, 0.2) is 0 Å². The second-order valence-corrected chi connectivity index (χ2v) is 6.08. The van der Waals surface area contributed by atoms with E-state index in [4.69, 9.17) is 0 Å². The summed E-state index contributed by atoms with van der Waals surface area (Å²) in [7, 11) is 1.55. The highest BCUT2D eigenvalue weighted by Gasteiger charge is 2.17. The van der Waals surface area contributed by atoms with Gasteiger partial charge in [-0.05, 0) is 37.1 Å². The zero-order chi connectivity index (χ0) is 19.8. The van der Waals surface area contributed by atoms with E-state index >= 15 is 0 Å². The average Bonchev–Trinajstić information content (AvgIpc) is 2.67. The SMILES string of the molecule is CNC(=O)c1cccc(NC(=O)NC(C)C(=O)NCc2ccccc2)c1C. The van der Waals surface area contributed by atoms with E-state index in [-0.39, 0.29) is 11.8 Å². The molecule has 0 fully saturated rings. The number of amides is 4. The molecule has 0 radical (unpaired) electrons. The molecule has 1 unspecified atom stereocenters. The van der Waals surface area contributed by atoms with Gasteiger partial charge in [-0.15, -0.1) is 0 Å². The zero-order valence-corrected chi connectivity index (χ0v) is 15.6. The molecular formula is C20H24N4O3. The van der Waals surface area contributed by atoms with Gasteiger partial charge >= 0.3 is 6.03 Å². The van der Waals surface area contributed by atoms with Gasteiger partial charge in [0.05, 0.1) is 0 Å². The van der Waals surface area contributed by atoms with Crippen LogP contribution in [0.4, 0.5) is 10.5 Å². The van der Waals surface area contributed by atoms with Gasteiger partial charge in [-0.1, -0.05) is 36.4 Å². The van der Waals surface area contributed by atoms with Crippen molar-refractivity contribution in [2.45, 2.75) is 26.4 Å². The number of nitrogens with one attached hydrogen (secondary N) is 4. The lowest BCUT2D eigenvalue weighted by molar-refractivity contribution is -0.122. The summed E-state index contributed by atoms with van der Waals surface area (Å²) in [4.78, 5) is 36.2. The van der Waals surface area contributed by atoms with E-state index in [1.54, 1.807) is 39.1 Å². The van der Waals surface area contributed by atoms with E-state index in [0.29, 0.717) is 23.4 Å². The first kappa shape index (κ1) is 20.0. The van der Waals surface area contributed by atoms with Crippen LogP contribution in [-0.2, 0) is 11.3 Å². The quantitative estimate of drug-likeness (QED) is 0.629. The molecule has 2 aromatic rings. The normalized spacial score (nSPS) is 11.2. The van der Waals surface area contributed by atoms with Crippen LogP contribution in [0.25, 0.3) is 0 Å². The molecule has 7 nitrogen and oxygen atoms in total. The lowest BCUT2D eigenvalue weighted by Crippen LogP contribution is -2.46. The van der Waals surface area contributed by atoms with Crippen LogP contribution in [0.2, 0.25) is 0 Å². The first-order valence-corrected chi connectivity index (χ1v) is 8.63. The zero-order valence-electron chi connectivity index (χ0n) is 15.6. The minimum atomic E-state index is -0.712. The molecule has 0 bridgehead atoms. The third-order valence-electron chi connectivity index (χ3n) is 4.10. The molecule has 7 heteroatoms. The predicted octanol–water partition coefficient (Wildman–Crippen LogP) is 2.18. The minimum Gasteiger partial charge on any atom is -0.355 e. The Hall–Kier alpha value is -3.35. The Balaban J connectivity index is 1.91. The van der Waals surface area contributed by atoms with Crippen LogP contribution < -0.4 is 21.3 Å². The molecule has 0 aromatic heterocycles. The summed E-state index contributed by atoms with van der Waals surface area (Å²) in [5.41, 5.74) is 2.60. The summed E-state index contributed by atoms with van der Waals surface area (Å²) in [6.45, 7) is 3.74. The minimum absolute atomic E-state index is 0.231. The van der Waals surface area contributed by atoms with Crippen molar-refractivity contribution in [2.24, 2.45) is 0 Å². The highest BCUT2D eigenvalue weighted by Crippen LogP contribution is 2.18. The third kappa shape index (κ3) is 5.57. The molecule has 0 aliphatic rings. The molecule has 0 spiro atoms. The van der Waals surface area contributed by atoms with E-state index in [2.05, 4.69) is 21.3 Å². The van der Waals surface area contributed by atoms with Crippen molar-refractivity contribution in [1.82, 2.24) is 16.0 Å². The van der Waals surface area contributed by atoms with Crippen molar-refractivity contribution in [2.75, 3.05) is 12.4 Å². The largest absolute Gasteiger partial charge is 0.355 e. The Morgan fingerprint density at radius 2 is 1.70 bits per heavy atom. The number of carbonyl (C=O) groups excluding carboxylic acids is 3. The van der Waals surface area contributed by atoms with Gasteiger partial charge in [-0.3, -0.25) is 9.59 Å². The second kappa shape index (κ2) is 9.38. The van der Waals surface area contributed by atoms with Gasteiger partial charge in [0, 0.05) is 24.8 Å². The van der Waals surface area contributed by atoms with E-state index in [1.165, 1.54) is 0 Å². The Labute approximate surface area is 158 Å². The number of rotatable bonds is 6. The number of benzene rings is 2. The summed E-state index contributed by atoms with van der Waals surface area (Å²) in [5, 5.41) is 10.6. The molecule has 0 saturated carbocycles. The van der Waals surface area contributed by atoms with Crippen LogP contribution >= 0.6 is 0 Å². The number of hydrogen-bond acceptors (Lipinski definition) is 3. The fourth-order valence-corrected chi connectivity index (χ4v) is 2.51.